The molecule has 1 nitrogen and oxygen atoms in total. The van der Waals surface area contributed by atoms with Crippen molar-refractivity contribution in [2.24, 2.45) is 11.3 Å². The van der Waals surface area contributed by atoms with E-state index in [9.17, 15) is 5.11 Å². The number of hydrogen-bond donors (Lipinski definition) is 0. The van der Waals surface area contributed by atoms with Crippen molar-refractivity contribution in [1.29, 1.82) is 0 Å². The maximum atomic E-state index is 10.4. The highest BCUT2D eigenvalue weighted by Crippen LogP contribution is 2.29. The lowest BCUT2D eigenvalue weighted by Crippen LogP contribution is -2.22. The molecule has 1 unspecified atom stereocenters. The molecule has 0 aliphatic rings. The van der Waals surface area contributed by atoms with Crippen molar-refractivity contribution in [2.45, 2.75) is 34.1 Å². The molecule has 0 spiro atoms. The molecule has 0 aromatic rings. The van der Waals surface area contributed by atoms with Crippen molar-refractivity contribution in [3.63, 3.8) is 0 Å². The molecule has 0 amide bonds. The van der Waals surface area contributed by atoms with E-state index in [0.29, 0.717) is 5.92 Å². The fraction of sp³-hybridized carbons (Fsp3) is 1.00. The third-order valence-corrected chi connectivity index (χ3v) is 2.50. The topological polar surface area (TPSA) is 19.9 Å². The minimum absolute atomic E-state index is 0.0564. The van der Waals surface area contributed by atoms with Crippen LogP contribution in [0.1, 0.15) is 34.1 Å². The van der Waals surface area contributed by atoms with E-state index < -0.39 is 0 Å². The molecule has 0 saturated heterocycles. The summed E-state index contributed by atoms with van der Waals surface area (Å²) < 4.78 is 0. The van der Waals surface area contributed by atoms with Crippen molar-refractivity contribution >= 4 is 0 Å². The van der Waals surface area contributed by atoms with E-state index in [1.807, 2.05) is 6.92 Å². The molecule has 0 aliphatic carbocycles. The van der Waals surface area contributed by atoms with Crippen molar-refractivity contribution in [2.75, 3.05) is 6.61 Å². The second-order valence-corrected chi connectivity index (χ2v) is 3.41. The quantitative estimate of drug-likeness (QED) is 0.558. The van der Waals surface area contributed by atoms with Gasteiger partial charge in [-0.15, -0.1) is 0 Å². The fourth-order valence-corrected chi connectivity index (χ4v) is 0.574. The standard InChI is InChI=1S/C8H17O/c1-5-8(3,4)7(2)6-9/h7H,5-6H2,1-4H3. The van der Waals surface area contributed by atoms with E-state index in [1.54, 1.807) is 0 Å². The summed E-state index contributed by atoms with van der Waals surface area (Å²) in [5.74, 6) is 0.308. The van der Waals surface area contributed by atoms with Crippen molar-refractivity contribution < 1.29 is 5.11 Å². The van der Waals surface area contributed by atoms with E-state index in [-0.39, 0.29) is 12.0 Å². The molecule has 0 aliphatic heterocycles. The smallest absolute Gasteiger partial charge is 0.0852 e. The first-order valence-corrected chi connectivity index (χ1v) is 3.62. The molecule has 9 heavy (non-hydrogen) atoms. The molecule has 0 bridgehead atoms. The van der Waals surface area contributed by atoms with Gasteiger partial charge in [-0.3, -0.25) is 0 Å². The average Bonchev–Trinajstić information content (AvgIpc) is 1.86. The van der Waals surface area contributed by atoms with Gasteiger partial charge in [-0.25, -0.2) is 5.11 Å². The van der Waals surface area contributed by atoms with Gasteiger partial charge in [0.1, 0.15) is 0 Å². The van der Waals surface area contributed by atoms with Crippen LogP contribution in [-0.4, -0.2) is 6.61 Å². The van der Waals surface area contributed by atoms with Crippen molar-refractivity contribution in [1.82, 2.24) is 0 Å². The van der Waals surface area contributed by atoms with Crippen LogP contribution < -0.4 is 0 Å². The molecule has 0 N–H and O–H groups in total. The van der Waals surface area contributed by atoms with Crippen LogP contribution in [0.4, 0.5) is 0 Å². The molecule has 1 atom stereocenters. The molecule has 0 aromatic heterocycles. The number of hydrogen-bond acceptors (Lipinski definition) is 0. The van der Waals surface area contributed by atoms with E-state index in [1.165, 1.54) is 0 Å². The highest BCUT2D eigenvalue weighted by molar-refractivity contribution is 4.72. The van der Waals surface area contributed by atoms with E-state index in [0.717, 1.165) is 6.42 Å². The maximum absolute atomic E-state index is 10.4. The molecule has 0 aromatic carbocycles. The van der Waals surface area contributed by atoms with Gasteiger partial charge in [0.05, 0.1) is 6.61 Å². The Labute approximate surface area is 58.1 Å². The fourth-order valence-electron chi connectivity index (χ4n) is 0.574. The van der Waals surface area contributed by atoms with Gasteiger partial charge in [-0.05, 0) is 11.3 Å². The minimum Gasteiger partial charge on any atom is -0.236 e. The van der Waals surface area contributed by atoms with E-state index in [2.05, 4.69) is 20.8 Å². The zero-order valence-electron chi connectivity index (χ0n) is 6.90. The molecule has 0 fully saturated rings. The summed E-state index contributed by atoms with van der Waals surface area (Å²) in [7, 11) is 0. The Balaban J connectivity index is 3.80. The van der Waals surface area contributed by atoms with Crippen LogP contribution in [0.2, 0.25) is 0 Å². The normalized spacial score (nSPS) is 15.7. The van der Waals surface area contributed by atoms with Gasteiger partial charge >= 0.3 is 0 Å². The zero-order chi connectivity index (χ0) is 7.49. The summed E-state index contributed by atoms with van der Waals surface area (Å²) in [4.78, 5) is 0. The van der Waals surface area contributed by atoms with Gasteiger partial charge in [0, 0.05) is 0 Å². The van der Waals surface area contributed by atoms with Gasteiger partial charge in [0.15, 0.2) is 0 Å². The third-order valence-electron chi connectivity index (χ3n) is 2.50. The first kappa shape index (κ1) is 8.96. The van der Waals surface area contributed by atoms with Crippen molar-refractivity contribution in [3.05, 3.63) is 0 Å². The van der Waals surface area contributed by atoms with Crippen LogP contribution in [-0.2, 0) is 5.11 Å². The molecular formula is C8H17O. The molecular weight excluding hydrogens is 112 g/mol. The molecule has 0 heterocycles. The zero-order valence-corrected chi connectivity index (χ0v) is 6.90. The van der Waals surface area contributed by atoms with Crippen LogP contribution in [0.25, 0.3) is 0 Å². The Morgan fingerprint density at radius 3 is 2.00 bits per heavy atom. The lowest BCUT2D eigenvalue weighted by atomic mass is 9.78. The predicted molar refractivity (Wildman–Crippen MR) is 38.8 cm³/mol. The minimum atomic E-state index is 0.0564. The Bertz CT molecular complexity index is 76.6. The predicted octanol–water partition coefficient (Wildman–Crippen LogP) is 2.49. The van der Waals surface area contributed by atoms with E-state index in [4.69, 9.17) is 0 Å². The Kier molecular flexibility index (Phi) is 3.20. The maximum Gasteiger partial charge on any atom is 0.0852 e. The van der Waals surface area contributed by atoms with Gasteiger partial charge in [-0.2, -0.15) is 0 Å². The summed E-state index contributed by atoms with van der Waals surface area (Å²) in [5, 5.41) is 10.4. The van der Waals surface area contributed by atoms with Crippen LogP contribution >= 0.6 is 0 Å². The van der Waals surface area contributed by atoms with Gasteiger partial charge in [0.2, 0.25) is 0 Å². The Morgan fingerprint density at radius 1 is 1.44 bits per heavy atom. The molecule has 1 radical (unpaired) electrons. The van der Waals surface area contributed by atoms with Crippen LogP contribution in [0.5, 0.6) is 0 Å². The second-order valence-electron chi connectivity index (χ2n) is 3.41. The third kappa shape index (κ3) is 2.35. The van der Waals surface area contributed by atoms with Crippen LogP contribution in [0.15, 0.2) is 0 Å². The summed E-state index contributed by atoms with van der Waals surface area (Å²) in [5.41, 5.74) is 0.238. The molecule has 0 rings (SSSR count). The lowest BCUT2D eigenvalue weighted by Gasteiger charge is -2.28. The summed E-state index contributed by atoms with van der Waals surface area (Å²) >= 11 is 0. The van der Waals surface area contributed by atoms with Gasteiger partial charge in [-0.1, -0.05) is 34.1 Å². The first-order valence-electron chi connectivity index (χ1n) is 3.62. The van der Waals surface area contributed by atoms with Crippen LogP contribution in [0, 0.1) is 11.3 Å². The monoisotopic (exact) mass is 129 g/mol. The van der Waals surface area contributed by atoms with Gasteiger partial charge in [0.25, 0.3) is 0 Å². The highest BCUT2D eigenvalue weighted by Gasteiger charge is 2.22. The van der Waals surface area contributed by atoms with Crippen molar-refractivity contribution in [3.8, 4) is 0 Å². The summed E-state index contributed by atoms with van der Waals surface area (Å²) in [6.45, 7) is 8.51. The van der Waals surface area contributed by atoms with E-state index >= 15 is 0 Å². The Hall–Kier alpha value is -0.0400. The molecule has 0 saturated carbocycles. The second kappa shape index (κ2) is 3.21. The number of rotatable bonds is 3. The van der Waals surface area contributed by atoms with Gasteiger partial charge < -0.3 is 0 Å². The highest BCUT2D eigenvalue weighted by atomic mass is 16.3. The summed E-state index contributed by atoms with van der Waals surface area (Å²) in [6, 6.07) is 0. The van der Waals surface area contributed by atoms with Crippen LogP contribution in [0.3, 0.4) is 0 Å². The average molecular weight is 129 g/mol. The SMILES string of the molecule is CCC(C)(C)C(C)C[O]. The molecule has 55 valence electrons. The Morgan fingerprint density at radius 2 is 1.89 bits per heavy atom. The lowest BCUT2D eigenvalue weighted by molar-refractivity contribution is 0.0799. The summed E-state index contributed by atoms with van der Waals surface area (Å²) in [6.07, 6.45) is 1.09. The first-order chi connectivity index (χ1) is 4.04. The molecule has 1 heteroatoms. The largest absolute Gasteiger partial charge is 0.236 e.